The lowest BCUT2D eigenvalue weighted by atomic mass is 9.78. The fraction of sp³-hybridized carbons (Fsp3) is 0.562. The third kappa shape index (κ3) is 3.49. The second-order valence-electron chi connectivity index (χ2n) is 5.87. The number of nitrogens with two attached hydrogens (primary N) is 1. The first kappa shape index (κ1) is 13.9. The predicted octanol–water partition coefficient (Wildman–Crippen LogP) is 3.09. The number of carbonyl (C=O) groups is 1. The van der Waals surface area contributed by atoms with Gasteiger partial charge in [0.05, 0.1) is 0 Å². The van der Waals surface area contributed by atoms with E-state index < -0.39 is 0 Å². The van der Waals surface area contributed by atoms with Crippen LogP contribution in [0.25, 0.3) is 0 Å². The highest BCUT2D eigenvalue weighted by molar-refractivity contribution is 5.83. The van der Waals surface area contributed by atoms with E-state index in [2.05, 4.69) is 12.2 Å². The summed E-state index contributed by atoms with van der Waals surface area (Å²) in [5.41, 5.74) is 7.78. The molecule has 3 N–H and O–H groups in total. The molecule has 0 aromatic heterocycles. The predicted molar refractivity (Wildman–Crippen MR) is 78.9 cm³/mol. The first-order valence-corrected chi connectivity index (χ1v) is 7.19. The Morgan fingerprint density at radius 1 is 1.37 bits per heavy atom. The number of anilines is 1. The normalized spacial score (nSPS) is 24.7. The fourth-order valence-corrected chi connectivity index (χ4v) is 3.11. The van der Waals surface area contributed by atoms with Crippen molar-refractivity contribution in [2.24, 2.45) is 17.6 Å². The number of amides is 1. The average molecular weight is 260 g/mol. The maximum absolute atomic E-state index is 11.8. The summed E-state index contributed by atoms with van der Waals surface area (Å²) in [4.78, 5) is 11.8. The molecule has 0 heterocycles. The summed E-state index contributed by atoms with van der Waals surface area (Å²) < 4.78 is 0. The highest BCUT2D eigenvalue weighted by Gasteiger charge is 2.30. The van der Waals surface area contributed by atoms with Gasteiger partial charge in [-0.1, -0.05) is 38.0 Å². The number of hydrogen-bond acceptors (Lipinski definition) is 2. The van der Waals surface area contributed by atoms with Crippen LogP contribution in [0.3, 0.4) is 0 Å². The van der Waals surface area contributed by atoms with Crippen LogP contribution in [-0.4, -0.2) is 11.9 Å². The maximum atomic E-state index is 11.8. The van der Waals surface area contributed by atoms with Gasteiger partial charge in [0.2, 0.25) is 5.91 Å². The summed E-state index contributed by atoms with van der Waals surface area (Å²) in [6.45, 7) is 4.31. The van der Waals surface area contributed by atoms with Crippen LogP contribution in [0.5, 0.6) is 0 Å². The van der Waals surface area contributed by atoms with E-state index in [1.165, 1.54) is 12.8 Å². The minimum atomic E-state index is -0.246. The molecule has 2 rings (SSSR count). The molecule has 1 fully saturated rings. The lowest BCUT2D eigenvalue weighted by Gasteiger charge is -2.32. The molecule has 19 heavy (non-hydrogen) atoms. The Bertz CT molecular complexity index is 444. The van der Waals surface area contributed by atoms with Crippen molar-refractivity contribution in [3.8, 4) is 0 Å². The van der Waals surface area contributed by atoms with E-state index in [0.717, 1.165) is 24.1 Å². The Morgan fingerprint density at radius 3 is 2.74 bits per heavy atom. The second-order valence-corrected chi connectivity index (χ2v) is 5.87. The van der Waals surface area contributed by atoms with E-state index in [4.69, 9.17) is 5.73 Å². The van der Waals surface area contributed by atoms with Crippen LogP contribution in [0, 0.1) is 18.8 Å². The van der Waals surface area contributed by atoms with Crippen molar-refractivity contribution in [2.75, 3.05) is 5.32 Å². The minimum Gasteiger partial charge on any atom is -0.373 e. The van der Waals surface area contributed by atoms with Crippen LogP contribution in [0.4, 0.5) is 5.69 Å². The summed E-state index contributed by atoms with van der Waals surface area (Å²) in [5, 5.41) is 3.36. The van der Waals surface area contributed by atoms with Gasteiger partial charge >= 0.3 is 0 Å². The molecule has 104 valence electrons. The smallest absolute Gasteiger partial charge is 0.240 e. The number of rotatable bonds is 4. The molecule has 0 aliphatic heterocycles. The van der Waals surface area contributed by atoms with Gasteiger partial charge in [0.15, 0.2) is 0 Å². The zero-order chi connectivity index (χ0) is 13.8. The molecule has 1 aliphatic rings. The Hall–Kier alpha value is -1.51. The van der Waals surface area contributed by atoms with Crippen LogP contribution >= 0.6 is 0 Å². The molecule has 3 unspecified atom stereocenters. The number of primary amides is 1. The van der Waals surface area contributed by atoms with E-state index in [0.29, 0.717) is 11.8 Å². The quantitative estimate of drug-likeness (QED) is 0.874. The van der Waals surface area contributed by atoms with Gasteiger partial charge in [0.1, 0.15) is 6.04 Å². The molecule has 1 aliphatic carbocycles. The van der Waals surface area contributed by atoms with Crippen molar-refractivity contribution in [3.05, 3.63) is 29.8 Å². The van der Waals surface area contributed by atoms with Crippen molar-refractivity contribution in [1.82, 2.24) is 0 Å². The Labute approximate surface area is 115 Å². The molecule has 3 nitrogen and oxygen atoms in total. The minimum absolute atomic E-state index is 0.234. The van der Waals surface area contributed by atoms with Crippen LogP contribution in [0.1, 0.15) is 38.2 Å². The fourth-order valence-electron chi connectivity index (χ4n) is 3.11. The molecule has 0 saturated heterocycles. The molecule has 1 saturated carbocycles. The number of benzene rings is 1. The first-order chi connectivity index (χ1) is 9.08. The molecule has 1 aromatic carbocycles. The third-order valence-electron chi connectivity index (χ3n) is 4.21. The topological polar surface area (TPSA) is 55.1 Å². The second kappa shape index (κ2) is 6.09. The summed E-state index contributed by atoms with van der Waals surface area (Å²) >= 11 is 0. The van der Waals surface area contributed by atoms with E-state index in [-0.39, 0.29) is 11.9 Å². The van der Waals surface area contributed by atoms with Crippen LogP contribution in [-0.2, 0) is 4.79 Å². The van der Waals surface area contributed by atoms with E-state index in [9.17, 15) is 4.79 Å². The highest BCUT2D eigenvalue weighted by atomic mass is 16.1. The van der Waals surface area contributed by atoms with Gasteiger partial charge in [-0.05, 0) is 43.2 Å². The van der Waals surface area contributed by atoms with E-state index >= 15 is 0 Å². The van der Waals surface area contributed by atoms with Gasteiger partial charge in [-0.15, -0.1) is 0 Å². The number of carbonyl (C=O) groups excluding carboxylic acids is 1. The summed E-state index contributed by atoms with van der Waals surface area (Å²) in [7, 11) is 0. The highest BCUT2D eigenvalue weighted by Crippen LogP contribution is 2.32. The number of aryl methyl sites for hydroxylation is 1. The average Bonchev–Trinajstić information content (AvgIpc) is 2.37. The molecule has 1 aromatic rings. The standard InChI is InChI=1S/C16H24N2O/c1-11-6-5-8-13(10-11)15(16(17)19)18-14-9-4-3-7-12(14)2/h3-4,7,9,11,13,15,18H,5-6,8,10H2,1-2H3,(H2,17,19). The summed E-state index contributed by atoms with van der Waals surface area (Å²) in [6.07, 6.45) is 4.65. The van der Waals surface area contributed by atoms with Gasteiger partial charge in [0.25, 0.3) is 0 Å². The molecule has 3 heteroatoms. The van der Waals surface area contributed by atoms with Crippen molar-refractivity contribution in [3.63, 3.8) is 0 Å². The van der Waals surface area contributed by atoms with Gasteiger partial charge in [0, 0.05) is 5.69 Å². The largest absolute Gasteiger partial charge is 0.373 e. The molecular weight excluding hydrogens is 236 g/mol. The van der Waals surface area contributed by atoms with Crippen molar-refractivity contribution < 1.29 is 4.79 Å². The number of nitrogens with one attached hydrogen (secondary N) is 1. The van der Waals surface area contributed by atoms with E-state index in [1.807, 2.05) is 31.2 Å². The summed E-state index contributed by atoms with van der Waals surface area (Å²) in [5.74, 6) is 0.822. The lowest BCUT2D eigenvalue weighted by molar-refractivity contribution is -0.120. The molecule has 0 bridgehead atoms. The van der Waals surface area contributed by atoms with Crippen molar-refractivity contribution in [1.29, 1.82) is 0 Å². The monoisotopic (exact) mass is 260 g/mol. The molecule has 0 spiro atoms. The SMILES string of the molecule is Cc1ccccc1NC(C(N)=O)C1CCCC(C)C1. The molecule has 1 amide bonds. The first-order valence-electron chi connectivity index (χ1n) is 7.19. The molecular formula is C16H24N2O. The third-order valence-corrected chi connectivity index (χ3v) is 4.21. The Morgan fingerprint density at radius 2 is 2.11 bits per heavy atom. The van der Waals surface area contributed by atoms with Gasteiger partial charge in [-0.3, -0.25) is 4.79 Å². The van der Waals surface area contributed by atoms with Crippen LogP contribution in [0.15, 0.2) is 24.3 Å². The van der Waals surface area contributed by atoms with Crippen LogP contribution in [0.2, 0.25) is 0 Å². The van der Waals surface area contributed by atoms with Gasteiger partial charge < -0.3 is 11.1 Å². The van der Waals surface area contributed by atoms with Gasteiger partial charge in [-0.25, -0.2) is 0 Å². The number of para-hydroxylation sites is 1. The molecule has 0 radical (unpaired) electrons. The Kier molecular flexibility index (Phi) is 4.46. The Balaban J connectivity index is 2.12. The lowest BCUT2D eigenvalue weighted by Crippen LogP contribution is -2.43. The van der Waals surface area contributed by atoms with Crippen molar-refractivity contribution >= 4 is 11.6 Å². The van der Waals surface area contributed by atoms with Crippen LogP contribution < -0.4 is 11.1 Å². The number of hydrogen-bond donors (Lipinski definition) is 2. The molecule has 3 atom stereocenters. The van der Waals surface area contributed by atoms with Gasteiger partial charge in [-0.2, -0.15) is 0 Å². The zero-order valence-electron chi connectivity index (χ0n) is 11.9. The summed E-state index contributed by atoms with van der Waals surface area (Å²) in [6, 6.07) is 7.80. The maximum Gasteiger partial charge on any atom is 0.240 e. The van der Waals surface area contributed by atoms with Crippen molar-refractivity contribution in [2.45, 2.75) is 45.6 Å². The zero-order valence-corrected chi connectivity index (χ0v) is 11.9. The van der Waals surface area contributed by atoms with E-state index in [1.54, 1.807) is 0 Å².